The van der Waals surface area contributed by atoms with Crippen molar-refractivity contribution in [2.75, 3.05) is 0 Å². The van der Waals surface area contributed by atoms with Crippen molar-refractivity contribution in [1.29, 1.82) is 0 Å². The average molecular weight is 231 g/mol. The molecule has 0 heterocycles. The van der Waals surface area contributed by atoms with Gasteiger partial charge < -0.3 is 5.11 Å². The number of rotatable bonds is 3. The molecule has 0 aliphatic rings. The molecular weight excluding hydrogens is 220 g/mol. The second-order valence-electron chi connectivity index (χ2n) is 3.03. The minimum atomic E-state index is -0.559. The van der Waals surface area contributed by atoms with Crippen LogP contribution in [-0.4, -0.2) is 16.3 Å². The fourth-order valence-corrected chi connectivity index (χ4v) is 1.57. The molecule has 4 heteroatoms. The van der Waals surface area contributed by atoms with E-state index in [-0.39, 0.29) is 12.4 Å². The van der Waals surface area contributed by atoms with E-state index in [1.54, 1.807) is 25.1 Å². The maximum Gasteiger partial charge on any atom is 0.180 e. The molecule has 1 atom stereocenters. The van der Waals surface area contributed by atoms with Gasteiger partial charge in [-0.25, -0.2) is 0 Å². The molecule has 14 heavy (non-hydrogen) atoms. The van der Waals surface area contributed by atoms with Crippen molar-refractivity contribution in [3.8, 4) is 0 Å². The zero-order valence-electron chi connectivity index (χ0n) is 7.70. The Morgan fingerprint density at radius 3 is 2.71 bits per heavy atom. The van der Waals surface area contributed by atoms with Gasteiger partial charge in [-0.2, -0.15) is 0 Å². The summed E-state index contributed by atoms with van der Waals surface area (Å²) >= 11 is 9.81. The van der Waals surface area contributed by atoms with Crippen LogP contribution in [-0.2, 0) is 6.61 Å². The first kappa shape index (κ1) is 11.6. The highest BCUT2D eigenvalue weighted by molar-refractivity contribution is 7.80. The van der Waals surface area contributed by atoms with Gasteiger partial charge in [0.25, 0.3) is 0 Å². The van der Waals surface area contributed by atoms with Gasteiger partial charge in [-0.1, -0.05) is 0 Å². The van der Waals surface area contributed by atoms with E-state index in [2.05, 4.69) is 12.6 Å². The number of benzene rings is 1. The number of hydrogen-bond acceptors (Lipinski definition) is 3. The molecule has 0 saturated heterocycles. The molecule has 0 aliphatic carbocycles. The van der Waals surface area contributed by atoms with Crippen LogP contribution < -0.4 is 0 Å². The van der Waals surface area contributed by atoms with Gasteiger partial charge in [0.1, 0.15) is 0 Å². The first-order valence-corrected chi connectivity index (χ1v) is 5.05. The van der Waals surface area contributed by atoms with E-state index < -0.39 is 5.38 Å². The summed E-state index contributed by atoms with van der Waals surface area (Å²) in [6, 6.07) is 4.98. The van der Waals surface area contributed by atoms with Crippen LogP contribution in [0.25, 0.3) is 0 Å². The van der Waals surface area contributed by atoms with Gasteiger partial charge in [-0.3, -0.25) is 4.79 Å². The van der Waals surface area contributed by atoms with Gasteiger partial charge in [-0.05, 0) is 30.7 Å². The highest BCUT2D eigenvalue weighted by Gasteiger charge is 2.13. The molecule has 1 N–H and O–H groups in total. The Hall–Kier alpha value is -0.510. The van der Waals surface area contributed by atoms with Crippen molar-refractivity contribution in [1.82, 2.24) is 0 Å². The Kier molecular flexibility index (Phi) is 3.98. The van der Waals surface area contributed by atoms with Crippen LogP contribution in [0.2, 0.25) is 0 Å². The van der Waals surface area contributed by atoms with E-state index in [0.717, 1.165) is 0 Å². The maximum absolute atomic E-state index is 11.5. The average Bonchev–Trinajstić information content (AvgIpc) is 2.15. The van der Waals surface area contributed by atoms with E-state index in [1.165, 1.54) is 0 Å². The maximum atomic E-state index is 11.5. The van der Waals surface area contributed by atoms with Gasteiger partial charge in [0.05, 0.1) is 12.0 Å². The first-order valence-electron chi connectivity index (χ1n) is 4.16. The summed E-state index contributed by atoms with van der Waals surface area (Å²) in [4.78, 5) is 12.2. The van der Waals surface area contributed by atoms with Crippen LogP contribution in [0.4, 0.5) is 0 Å². The molecule has 0 fully saturated rings. The smallest absolute Gasteiger partial charge is 0.180 e. The molecule has 0 aromatic heterocycles. The first-order chi connectivity index (χ1) is 6.54. The monoisotopic (exact) mass is 230 g/mol. The fourth-order valence-electron chi connectivity index (χ4n) is 1.14. The number of aliphatic hydroxyl groups excluding tert-OH is 1. The molecule has 1 unspecified atom stereocenters. The molecule has 0 amide bonds. The largest absolute Gasteiger partial charge is 0.392 e. The normalized spacial score (nSPS) is 12.6. The standard InChI is InChI=1S/C10H11ClO2S/c1-6(11)10(13)8-2-7(5-12)3-9(14)4-8/h2-4,6,12,14H,5H2,1H3. The van der Waals surface area contributed by atoms with Crippen LogP contribution in [0.3, 0.4) is 0 Å². The summed E-state index contributed by atoms with van der Waals surface area (Å²) in [7, 11) is 0. The lowest BCUT2D eigenvalue weighted by Gasteiger charge is -2.05. The highest BCUT2D eigenvalue weighted by Crippen LogP contribution is 2.16. The Morgan fingerprint density at radius 2 is 2.21 bits per heavy atom. The third kappa shape index (κ3) is 2.74. The summed E-state index contributed by atoms with van der Waals surface area (Å²) in [5.74, 6) is -0.155. The van der Waals surface area contributed by atoms with Crippen molar-refractivity contribution in [3.05, 3.63) is 29.3 Å². The van der Waals surface area contributed by atoms with E-state index in [4.69, 9.17) is 16.7 Å². The molecular formula is C10H11ClO2S. The fraction of sp³-hybridized carbons (Fsp3) is 0.300. The van der Waals surface area contributed by atoms with Gasteiger partial charge in [0.2, 0.25) is 0 Å². The summed E-state index contributed by atoms with van der Waals surface area (Å²) in [6.07, 6.45) is 0. The number of thiol groups is 1. The van der Waals surface area contributed by atoms with Crippen LogP contribution in [0.1, 0.15) is 22.8 Å². The minimum Gasteiger partial charge on any atom is -0.392 e. The topological polar surface area (TPSA) is 37.3 Å². The van der Waals surface area contributed by atoms with Crippen molar-refractivity contribution >= 4 is 30.0 Å². The number of halogens is 1. The van der Waals surface area contributed by atoms with Gasteiger partial charge in [-0.15, -0.1) is 24.2 Å². The Labute approximate surface area is 93.3 Å². The Morgan fingerprint density at radius 1 is 1.57 bits per heavy atom. The number of carbonyl (C=O) groups excluding carboxylic acids is 1. The molecule has 2 nitrogen and oxygen atoms in total. The molecule has 76 valence electrons. The quantitative estimate of drug-likeness (QED) is 0.475. The molecule has 1 aromatic rings. The molecule has 0 aliphatic heterocycles. The predicted octanol–water partition coefficient (Wildman–Crippen LogP) is 2.28. The second kappa shape index (κ2) is 4.82. The third-order valence-corrected chi connectivity index (χ3v) is 2.26. The number of aliphatic hydroxyl groups is 1. The number of ketones is 1. The molecule has 1 aromatic carbocycles. The van der Waals surface area contributed by atoms with Crippen molar-refractivity contribution < 1.29 is 9.90 Å². The summed E-state index contributed by atoms with van der Waals surface area (Å²) in [5, 5.41) is 8.37. The SMILES string of the molecule is CC(Cl)C(=O)c1cc(S)cc(CO)c1. The van der Waals surface area contributed by atoms with Gasteiger partial charge in [0.15, 0.2) is 5.78 Å². The molecule has 0 bridgehead atoms. The number of alkyl halides is 1. The minimum absolute atomic E-state index is 0.106. The lowest BCUT2D eigenvalue weighted by atomic mass is 10.1. The number of carbonyl (C=O) groups is 1. The summed E-state index contributed by atoms with van der Waals surface area (Å²) < 4.78 is 0. The Balaban J connectivity index is 3.09. The van der Waals surface area contributed by atoms with Crippen molar-refractivity contribution in [2.45, 2.75) is 23.8 Å². The number of hydrogen-bond donors (Lipinski definition) is 2. The lowest BCUT2D eigenvalue weighted by molar-refractivity contribution is 0.0991. The summed E-state index contributed by atoms with van der Waals surface area (Å²) in [6.45, 7) is 1.51. The molecule has 0 radical (unpaired) electrons. The lowest BCUT2D eigenvalue weighted by Crippen LogP contribution is -2.10. The second-order valence-corrected chi connectivity index (χ2v) is 4.20. The zero-order chi connectivity index (χ0) is 10.7. The molecule has 0 saturated carbocycles. The van der Waals surface area contributed by atoms with Gasteiger partial charge in [0, 0.05) is 10.5 Å². The summed E-state index contributed by atoms with van der Waals surface area (Å²) in [5.41, 5.74) is 1.15. The van der Waals surface area contributed by atoms with E-state index in [0.29, 0.717) is 16.0 Å². The van der Waals surface area contributed by atoms with Crippen LogP contribution >= 0.6 is 24.2 Å². The van der Waals surface area contributed by atoms with E-state index >= 15 is 0 Å². The highest BCUT2D eigenvalue weighted by atomic mass is 35.5. The van der Waals surface area contributed by atoms with Crippen molar-refractivity contribution in [3.63, 3.8) is 0 Å². The van der Waals surface area contributed by atoms with Crippen LogP contribution in [0, 0.1) is 0 Å². The van der Waals surface area contributed by atoms with Crippen LogP contribution in [0.15, 0.2) is 23.1 Å². The third-order valence-electron chi connectivity index (χ3n) is 1.81. The molecule has 0 spiro atoms. The van der Waals surface area contributed by atoms with E-state index in [1.807, 2.05) is 0 Å². The zero-order valence-corrected chi connectivity index (χ0v) is 9.35. The van der Waals surface area contributed by atoms with E-state index in [9.17, 15) is 4.79 Å². The van der Waals surface area contributed by atoms with Gasteiger partial charge >= 0.3 is 0 Å². The molecule has 1 rings (SSSR count). The van der Waals surface area contributed by atoms with Crippen LogP contribution in [0.5, 0.6) is 0 Å². The van der Waals surface area contributed by atoms with Crippen molar-refractivity contribution in [2.24, 2.45) is 0 Å². The Bertz CT molecular complexity index is 350. The number of Topliss-reactive ketones (excluding diaryl/α,β-unsaturated/α-hetero) is 1. The predicted molar refractivity (Wildman–Crippen MR) is 59.3 cm³/mol.